The van der Waals surface area contributed by atoms with Gasteiger partial charge in [-0.05, 0) is 12.8 Å². The summed E-state index contributed by atoms with van der Waals surface area (Å²) in [7, 11) is 0. The Morgan fingerprint density at radius 2 is 1.75 bits per heavy atom. The molecule has 0 spiro atoms. The number of hydrogen-bond acceptors (Lipinski definition) is 3. The summed E-state index contributed by atoms with van der Waals surface area (Å²) in [4.78, 5) is 21.5. The van der Waals surface area contributed by atoms with E-state index in [1.165, 1.54) is 6.92 Å². The summed E-state index contributed by atoms with van der Waals surface area (Å²) in [5, 5.41) is 8.66. The zero-order chi connectivity index (χ0) is 9.89. The number of carboxylic acid groups (broad SMARTS) is 1. The first-order valence-corrected chi connectivity index (χ1v) is 3.86. The topological polar surface area (TPSA) is 80.4 Å². The Morgan fingerprint density at radius 1 is 1.33 bits per heavy atom. The minimum atomic E-state index is -1.14. The highest BCUT2D eigenvalue weighted by molar-refractivity contribution is 5.97. The molecule has 2 unspecified atom stereocenters. The Kier molecular flexibility index (Phi) is 3.89. The third-order valence-electron chi connectivity index (χ3n) is 1.86. The first-order chi connectivity index (χ1) is 5.37. The summed E-state index contributed by atoms with van der Waals surface area (Å²) in [6, 6.07) is -0.597. The zero-order valence-electron chi connectivity index (χ0n) is 7.57. The number of aliphatic carboxylic acids is 1. The van der Waals surface area contributed by atoms with Crippen LogP contribution in [0.3, 0.4) is 0 Å². The van der Waals surface area contributed by atoms with Crippen LogP contribution in [0.5, 0.6) is 0 Å². The van der Waals surface area contributed by atoms with E-state index < -0.39 is 17.9 Å². The third kappa shape index (κ3) is 2.62. The fourth-order valence-electron chi connectivity index (χ4n) is 0.994. The molecule has 0 aromatic rings. The van der Waals surface area contributed by atoms with Crippen molar-refractivity contribution < 1.29 is 14.7 Å². The Balaban J connectivity index is 4.52. The molecular formula is C8H15NO3. The van der Waals surface area contributed by atoms with E-state index in [1.807, 2.05) is 0 Å². The molecule has 3 N–H and O–H groups in total. The molecule has 0 bridgehead atoms. The molecule has 0 aliphatic rings. The van der Waals surface area contributed by atoms with Crippen molar-refractivity contribution in [1.29, 1.82) is 0 Å². The summed E-state index contributed by atoms with van der Waals surface area (Å²) in [5.74, 6) is -2.59. The second kappa shape index (κ2) is 4.21. The van der Waals surface area contributed by atoms with Gasteiger partial charge in [0.1, 0.15) is 11.7 Å². The van der Waals surface area contributed by atoms with E-state index in [0.29, 0.717) is 0 Å². The first-order valence-electron chi connectivity index (χ1n) is 3.86. The Hall–Kier alpha value is -0.900. The average Bonchev–Trinajstić information content (AvgIpc) is 1.85. The SMILES string of the molecule is CC(=O)C(C(=O)O)C(N)C(C)C. The van der Waals surface area contributed by atoms with Crippen molar-refractivity contribution in [2.75, 3.05) is 0 Å². The highest BCUT2D eigenvalue weighted by atomic mass is 16.4. The van der Waals surface area contributed by atoms with E-state index in [-0.39, 0.29) is 11.7 Å². The zero-order valence-corrected chi connectivity index (χ0v) is 7.57. The molecule has 0 heterocycles. The van der Waals surface area contributed by atoms with Gasteiger partial charge in [0.05, 0.1) is 0 Å². The number of ketones is 1. The smallest absolute Gasteiger partial charge is 0.315 e. The minimum Gasteiger partial charge on any atom is -0.481 e. The van der Waals surface area contributed by atoms with E-state index in [4.69, 9.17) is 10.8 Å². The highest BCUT2D eigenvalue weighted by Crippen LogP contribution is 2.11. The minimum absolute atomic E-state index is 0.00463. The van der Waals surface area contributed by atoms with Crippen molar-refractivity contribution in [3.63, 3.8) is 0 Å². The van der Waals surface area contributed by atoms with Gasteiger partial charge < -0.3 is 10.8 Å². The lowest BCUT2D eigenvalue weighted by Crippen LogP contribution is -2.43. The van der Waals surface area contributed by atoms with Crippen LogP contribution < -0.4 is 5.73 Å². The second-order valence-corrected chi connectivity index (χ2v) is 3.25. The lowest BCUT2D eigenvalue weighted by molar-refractivity contribution is -0.147. The second-order valence-electron chi connectivity index (χ2n) is 3.25. The van der Waals surface area contributed by atoms with Crippen LogP contribution in [0.25, 0.3) is 0 Å². The normalized spacial score (nSPS) is 15.8. The summed E-state index contributed by atoms with van der Waals surface area (Å²) >= 11 is 0. The van der Waals surface area contributed by atoms with Crippen molar-refractivity contribution in [1.82, 2.24) is 0 Å². The monoisotopic (exact) mass is 173 g/mol. The number of carbonyl (C=O) groups excluding carboxylic acids is 1. The van der Waals surface area contributed by atoms with Crippen LogP contribution in [0.2, 0.25) is 0 Å². The maximum Gasteiger partial charge on any atom is 0.315 e. The van der Waals surface area contributed by atoms with Crippen LogP contribution in [-0.2, 0) is 9.59 Å². The number of carbonyl (C=O) groups is 2. The maximum absolute atomic E-state index is 10.9. The van der Waals surface area contributed by atoms with E-state index >= 15 is 0 Å². The van der Waals surface area contributed by atoms with Crippen LogP contribution in [0, 0.1) is 11.8 Å². The van der Waals surface area contributed by atoms with Crippen molar-refractivity contribution >= 4 is 11.8 Å². The van der Waals surface area contributed by atoms with Gasteiger partial charge in [-0.2, -0.15) is 0 Å². The van der Waals surface area contributed by atoms with Crippen molar-refractivity contribution in [2.24, 2.45) is 17.6 Å². The van der Waals surface area contributed by atoms with Crippen LogP contribution in [0.15, 0.2) is 0 Å². The molecule has 0 amide bonds. The van der Waals surface area contributed by atoms with Gasteiger partial charge in [0.2, 0.25) is 0 Å². The molecule has 4 nitrogen and oxygen atoms in total. The van der Waals surface area contributed by atoms with Gasteiger partial charge in [-0.1, -0.05) is 13.8 Å². The predicted molar refractivity (Wildman–Crippen MR) is 44.6 cm³/mol. The summed E-state index contributed by atoms with van der Waals surface area (Å²) in [6.07, 6.45) is 0. The number of nitrogens with two attached hydrogens (primary N) is 1. The third-order valence-corrected chi connectivity index (χ3v) is 1.86. The molecule has 0 aliphatic heterocycles. The molecule has 0 aromatic carbocycles. The van der Waals surface area contributed by atoms with Crippen molar-refractivity contribution in [2.45, 2.75) is 26.8 Å². The number of Topliss-reactive ketones (excluding diaryl/α,β-unsaturated/α-hetero) is 1. The van der Waals surface area contributed by atoms with Crippen molar-refractivity contribution in [3.05, 3.63) is 0 Å². The van der Waals surface area contributed by atoms with Gasteiger partial charge in [-0.15, -0.1) is 0 Å². The fourth-order valence-corrected chi connectivity index (χ4v) is 0.994. The molecule has 70 valence electrons. The molecule has 0 radical (unpaired) electrons. The van der Waals surface area contributed by atoms with Gasteiger partial charge in [0, 0.05) is 6.04 Å². The molecule has 0 aromatic heterocycles. The van der Waals surface area contributed by atoms with E-state index in [2.05, 4.69) is 0 Å². The van der Waals surface area contributed by atoms with E-state index in [0.717, 1.165) is 0 Å². The van der Waals surface area contributed by atoms with E-state index in [1.54, 1.807) is 13.8 Å². The fraction of sp³-hybridized carbons (Fsp3) is 0.750. The molecule has 4 heteroatoms. The summed E-state index contributed by atoms with van der Waals surface area (Å²) < 4.78 is 0. The van der Waals surface area contributed by atoms with Gasteiger partial charge >= 0.3 is 5.97 Å². The van der Waals surface area contributed by atoms with Gasteiger partial charge in [0.15, 0.2) is 0 Å². The largest absolute Gasteiger partial charge is 0.481 e. The molecule has 12 heavy (non-hydrogen) atoms. The van der Waals surface area contributed by atoms with E-state index in [9.17, 15) is 9.59 Å². The molecule has 0 saturated heterocycles. The molecule has 0 fully saturated rings. The van der Waals surface area contributed by atoms with Gasteiger partial charge in [-0.25, -0.2) is 0 Å². The van der Waals surface area contributed by atoms with Gasteiger partial charge in [-0.3, -0.25) is 9.59 Å². The molecular weight excluding hydrogens is 158 g/mol. The lowest BCUT2D eigenvalue weighted by atomic mass is 9.89. The maximum atomic E-state index is 10.9. The predicted octanol–water partition coefficient (Wildman–Crippen LogP) is 0.259. The molecule has 0 rings (SSSR count). The van der Waals surface area contributed by atoms with Crippen LogP contribution >= 0.6 is 0 Å². The quantitative estimate of drug-likeness (QED) is 0.597. The Labute approximate surface area is 71.8 Å². The average molecular weight is 173 g/mol. The summed E-state index contributed by atoms with van der Waals surface area (Å²) in [6.45, 7) is 4.84. The molecule has 2 atom stereocenters. The van der Waals surface area contributed by atoms with Crippen LogP contribution in [0.4, 0.5) is 0 Å². The first kappa shape index (κ1) is 11.1. The number of carboxylic acids is 1. The highest BCUT2D eigenvalue weighted by Gasteiger charge is 2.31. The number of rotatable bonds is 4. The summed E-state index contributed by atoms with van der Waals surface area (Å²) in [5.41, 5.74) is 5.56. The van der Waals surface area contributed by atoms with Crippen molar-refractivity contribution in [3.8, 4) is 0 Å². The lowest BCUT2D eigenvalue weighted by Gasteiger charge is -2.20. The molecule has 0 saturated carbocycles. The molecule has 0 aliphatic carbocycles. The van der Waals surface area contributed by atoms with Crippen LogP contribution in [0.1, 0.15) is 20.8 Å². The van der Waals surface area contributed by atoms with Gasteiger partial charge in [0.25, 0.3) is 0 Å². The standard InChI is InChI=1S/C8H15NO3/c1-4(2)7(9)6(5(3)10)8(11)12/h4,6-7H,9H2,1-3H3,(H,11,12). The Morgan fingerprint density at radius 3 is 1.83 bits per heavy atom. The number of hydrogen-bond donors (Lipinski definition) is 2. The Bertz CT molecular complexity index is 175. The van der Waals surface area contributed by atoms with Crippen LogP contribution in [-0.4, -0.2) is 22.9 Å².